The lowest BCUT2D eigenvalue weighted by Gasteiger charge is -2.22. The van der Waals surface area contributed by atoms with Crippen molar-refractivity contribution in [1.82, 2.24) is 15.5 Å². The quantitative estimate of drug-likeness (QED) is 0.483. The lowest BCUT2D eigenvalue weighted by atomic mass is 10.1. The van der Waals surface area contributed by atoms with Gasteiger partial charge in [0, 0.05) is 39.3 Å². The molecule has 2 aromatic carbocycles. The van der Waals surface area contributed by atoms with E-state index in [9.17, 15) is 4.79 Å². The van der Waals surface area contributed by atoms with E-state index in [-0.39, 0.29) is 5.91 Å². The van der Waals surface area contributed by atoms with E-state index in [1.54, 1.807) is 19.2 Å². The third-order valence-electron chi connectivity index (χ3n) is 3.84. The van der Waals surface area contributed by atoms with Crippen LogP contribution in [0.3, 0.4) is 0 Å². The zero-order valence-corrected chi connectivity index (χ0v) is 15.1. The lowest BCUT2D eigenvalue weighted by Crippen LogP contribution is -2.42. The number of aliphatic imine (C=N–C) groups is 1. The molecule has 0 saturated carbocycles. The van der Waals surface area contributed by atoms with Gasteiger partial charge in [0.15, 0.2) is 5.96 Å². The fourth-order valence-electron chi connectivity index (χ4n) is 2.47. The first kappa shape index (κ1) is 18.5. The molecule has 1 amide bonds. The Morgan fingerprint density at radius 2 is 1.64 bits per heavy atom. The number of carbonyl (C=O) groups excluding carboxylic acids is 1. The average molecular weight is 338 g/mol. The van der Waals surface area contributed by atoms with Gasteiger partial charge >= 0.3 is 0 Å². The minimum Gasteiger partial charge on any atom is -0.354 e. The number of hydrogen-bond acceptors (Lipinski definition) is 2. The highest BCUT2D eigenvalue weighted by atomic mass is 16.1. The molecule has 0 bridgehead atoms. The van der Waals surface area contributed by atoms with E-state index in [4.69, 9.17) is 0 Å². The second kappa shape index (κ2) is 9.47. The van der Waals surface area contributed by atoms with E-state index in [1.165, 1.54) is 11.1 Å². The van der Waals surface area contributed by atoms with Crippen molar-refractivity contribution < 1.29 is 4.79 Å². The maximum atomic E-state index is 12.0. The van der Waals surface area contributed by atoms with Crippen molar-refractivity contribution in [3.8, 4) is 0 Å². The van der Waals surface area contributed by atoms with Crippen LogP contribution >= 0.6 is 0 Å². The Balaban J connectivity index is 1.76. The Bertz CT molecular complexity index is 695. The van der Waals surface area contributed by atoms with Crippen LogP contribution in [0.5, 0.6) is 0 Å². The fraction of sp³-hybridized carbons (Fsp3) is 0.300. The Morgan fingerprint density at radius 3 is 2.28 bits per heavy atom. The number of carbonyl (C=O) groups is 1. The molecule has 0 heterocycles. The highest BCUT2D eigenvalue weighted by Gasteiger charge is 2.07. The molecule has 2 rings (SSSR count). The molecule has 132 valence electrons. The van der Waals surface area contributed by atoms with Crippen LogP contribution in [0.1, 0.15) is 21.5 Å². The molecule has 0 unspecified atom stereocenters. The van der Waals surface area contributed by atoms with E-state index < -0.39 is 0 Å². The topological polar surface area (TPSA) is 56.7 Å². The highest BCUT2D eigenvalue weighted by molar-refractivity contribution is 5.94. The number of benzene rings is 2. The van der Waals surface area contributed by atoms with Gasteiger partial charge in [-0.15, -0.1) is 0 Å². The smallest absolute Gasteiger partial charge is 0.251 e. The summed E-state index contributed by atoms with van der Waals surface area (Å²) < 4.78 is 0. The van der Waals surface area contributed by atoms with Gasteiger partial charge in [-0.3, -0.25) is 9.79 Å². The number of rotatable bonds is 6. The third kappa shape index (κ3) is 5.95. The number of nitrogens with one attached hydrogen (secondary N) is 2. The van der Waals surface area contributed by atoms with Crippen LogP contribution < -0.4 is 10.6 Å². The summed E-state index contributed by atoms with van der Waals surface area (Å²) in [6.45, 7) is 4.00. The second-order valence-corrected chi connectivity index (χ2v) is 5.94. The normalized spacial score (nSPS) is 11.1. The molecule has 2 N–H and O–H groups in total. The lowest BCUT2D eigenvalue weighted by molar-refractivity contribution is 0.0954. The van der Waals surface area contributed by atoms with Crippen LogP contribution in [-0.4, -0.2) is 44.0 Å². The third-order valence-corrected chi connectivity index (χ3v) is 3.84. The van der Waals surface area contributed by atoms with Gasteiger partial charge in [0.1, 0.15) is 0 Å². The number of amides is 1. The maximum Gasteiger partial charge on any atom is 0.251 e. The zero-order chi connectivity index (χ0) is 18.1. The number of guanidine groups is 1. The summed E-state index contributed by atoms with van der Waals surface area (Å²) in [7, 11) is 3.76. The summed E-state index contributed by atoms with van der Waals surface area (Å²) in [5.41, 5.74) is 3.15. The van der Waals surface area contributed by atoms with Crippen molar-refractivity contribution in [2.75, 3.05) is 27.2 Å². The number of aryl methyl sites for hydroxylation is 1. The zero-order valence-electron chi connectivity index (χ0n) is 15.1. The Labute approximate surface area is 149 Å². The molecule has 0 aromatic heterocycles. The van der Waals surface area contributed by atoms with Gasteiger partial charge in [-0.05, 0) is 24.6 Å². The van der Waals surface area contributed by atoms with Gasteiger partial charge in [0.05, 0.1) is 0 Å². The molecule has 0 aliphatic carbocycles. The van der Waals surface area contributed by atoms with Gasteiger partial charge in [-0.25, -0.2) is 0 Å². The minimum atomic E-state index is -0.0644. The van der Waals surface area contributed by atoms with Gasteiger partial charge in [0.2, 0.25) is 0 Å². The van der Waals surface area contributed by atoms with Gasteiger partial charge in [-0.2, -0.15) is 0 Å². The molecule has 5 heteroatoms. The molecule has 0 radical (unpaired) electrons. The molecule has 5 nitrogen and oxygen atoms in total. The molecule has 2 aromatic rings. The van der Waals surface area contributed by atoms with E-state index in [0.29, 0.717) is 18.7 Å². The standard InChI is InChI=1S/C20H26N4O/c1-16-9-11-17(12-10-16)15-24(3)20(21-2)23-14-13-22-19(25)18-7-5-4-6-8-18/h4-12H,13-15H2,1-3H3,(H,21,23)(H,22,25). The summed E-state index contributed by atoms with van der Waals surface area (Å²) in [5.74, 6) is 0.736. The van der Waals surface area contributed by atoms with E-state index >= 15 is 0 Å². The predicted octanol–water partition coefficient (Wildman–Crippen LogP) is 2.43. The van der Waals surface area contributed by atoms with Crippen LogP contribution in [0, 0.1) is 6.92 Å². The van der Waals surface area contributed by atoms with Crippen LogP contribution in [0.2, 0.25) is 0 Å². The Kier molecular flexibility index (Phi) is 7.01. The van der Waals surface area contributed by atoms with Gasteiger partial charge in [-0.1, -0.05) is 48.0 Å². The summed E-state index contributed by atoms with van der Waals surface area (Å²) in [5, 5.41) is 6.17. The largest absolute Gasteiger partial charge is 0.354 e. The van der Waals surface area contributed by atoms with Gasteiger partial charge in [0.25, 0.3) is 5.91 Å². The van der Waals surface area contributed by atoms with Crippen molar-refractivity contribution in [1.29, 1.82) is 0 Å². The highest BCUT2D eigenvalue weighted by Crippen LogP contribution is 2.06. The molecule has 0 aliphatic rings. The molecule has 0 saturated heterocycles. The maximum absolute atomic E-state index is 12.0. The minimum absolute atomic E-state index is 0.0644. The van der Waals surface area contributed by atoms with Gasteiger partial charge < -0.3 is 15.5 Å². The first-order chi connectivity index (χ1) is 12.1. The fourth-order valence-corrected chi connectivity index (χ4v) is 2.47. The number of hydrogen-bond donors (Lipinski definition) is 2. The predicted molar refractivity (Wildman–Crippen MR) is 103 cm³/mol. The molecular weight excluding hydrogens is 312 g/mol. The molecular formula is C20H26N4O. The monoisotopic (exact) mass is 338 g/mol. The van der Waals surface area contributed by atoms with E-state index in [1.807, 2.05) is 25.2 Å². The first-order valence-electron chi connectivity index (χ1n) is 8.40. The SMILES string of the molecule is CN=C(NCCNC(=O)c1ccccc1)N(C)Cc1ccc(C)cc1. The summed E-state index contributed by atoms with van der Waals surface area (Å²) in [6, 6.07) is 17.7. The summed E-state index contributed by atoms with van der Waals surface area (Å²) in [4.78, 5) is 18.3. The Morgan fingerprint density at radius 1 is 1.00 bits per heavy atom. The van der Waals surface area contributed by atoms with Crippen molar-refractivity contribution in [3.63, 3.8) is 0 Å². The number of nitrogens with zero attached hydrogens (tertiary/aromatic N) is 2. The molecule has 0 spiro atoms. The van der Waals surface area contributed by atoms with Crippen LogP contribution in [0.15, 0.2) is 59.6 Å². The average Bonchev–Trinajstić information content (AvgIpc) is 2.64. The van der Waals surface area contributed by atoms with Crippen molar-refractivity contribution in [3.05, 3.63) is 71.3 Å². The first-order valence-corrected chi connectivity index (χ1v) is 8.40. The van der Waals surface area contributed by atoms with E-state index in [0.717, 1.165) is 12.5 Å². The van der Waals surface area contributed by atoms with Crippen LogP contribution in [-0.2, 0) is 6.54 Å². The molecule has 25 heavy (non-hydrogen) atoms. The molecule has 0 aliphatic heterocycles. The summed E-state index contributed by atoms with van der Waals surface area (Å²) in [6.07, 6.45) is 0. The van der Waals surface area contributed by atoms with Crippen molar-refractivity contribution in [2.24, 2.45) is 4.99 Å². The molecule has 0 fully saturated rings. The molecule has 0 atom stereocenters. The second-order valence-electron chi connectivity index (χ2n) is 5.94. The van der Waals surface area contributed by atoms with Crippen LogP contribution in [0.4, 0.5) is 0 Å². The van der Waals surface area contributed by atoms with Crippen molar-refractivity contribution >= 4 is 11.9 Å². The Hall–Kier alpha value is -2.82. The van der Waals surface area contributed by atoms with Crippen LogP contribution in [0.25, 0.3) is 0 Å². The van der Waals surface area contributed by atoms with E-state index in [2.05, 4.69) is 51.7 Å². The summed E-state index contributed by atoms with van der Waals surface area (Å²) >= 11 is 0. The van der Waals surface area contributed by atoms with Crippen molar-refractivity contribution in [2.45, 2.75) is 13.5 Å².